The van der Waals surface area contributed by atoms with Crippen molar-refractivity contribution in [2.75, 3.05) is 7.11 Å². The van der Waals surface area contributed by atoms with Gasteiger partial charge in [-0.15, -0.1) is 0 Å². The van der Waals surface area contributed by atoms with Crippen LogP contribution in [-0.4, -0.2) is 40.5 Å². The van der Waals surface area contributed by atoms with Gasteiger partial charge >= 0.3 is 12.2 Å². The minimum absolute atomic E-state index is 0.158. The van der Waals surface area contributed by atoms with E-state index in [-0.39, 0.29) is 6.04 Å². The van der Waals surface area contributed by atoms with Gasteiger partial charge in [0.1, 0.15) is 17.1 Å². The van der Waals surface area contributed by atoms with Crippen molar-refractivity contribution in [3.8, 4) is 33.9 Å². The average Bonchev–Trinajstić information content (AvgIpc) is 3.34. The summed E-state index contributed by atoms with van der Waals surface area (Å²) in [6.45, 7) is 5.48. The molecule has 1 amide bonds. The molecule has 190 valence electrons. The Morgan fingerprint density at radius 3 is 2.50 bits per heavy atom. The molecule has 1 fully saturated rings. The summed E-state index contributed by atoms with van der Waals surface area (Å²) in [5, 5.41) is 2.96. The second kappa shape index (κ2) is 10.8. The molecule has 0 saturated heterocycles. The van der Waals surface area contributed by atoms with Gasteiger partial charge < -0.3 is 19.5 Å². The third-order valence-electron chi connectivity index (χ3n) is 5.99. The first-order valence-corrected chi connectivity index (χ1v) is 12.3. The van der Waals surface area contributed by atoms with Crippen LogP contribution in [0.2, 0.25) is 0 Å². The van der Waals surface area contributed by atoms with E-state index in [0.717, 1.165) is 36.8 Å². The quantitative estimate of drug-likeness (QED) is 0.442. The maximum absolute atomic E-state index is 12.7. The zero-order chi connectivity index (χ0) is 25.7. The van der Waals surface area contributed by atoms with Crippen LogP contribution in [0, 0.1) is 0 Å². The molecule has 8 heteroatoms. The van der Waals surface area contributed by atoms with Gasteiger partial charge in [0, 0.05) is 41.3 Å². The number of carbonyl (C=O) groups excluding carboxylic acids is 2. The van der Waals surface area contributed by atoms with Crippen LogP contribution in [0.15, 0.2) is 55.0 Å². The fourth-order valence-electron chi connectivity index (χ4n) is 4.34. The van der Waals surface area contributed by atoms with Gasteiger partial charge in [-0.2, -0.15) is 0 Å². The molecule has 2 heterocycles. The van der Waals surface area contributed by atoms with Crippen LogP contribution < -0.4 is 14.8 Å². The van der Waals surface area contributed by atoms with Crippen LogP contribution in [0.25, 0.3) is 22.4 Å². The summed E-state index contributed by atoms with van der Waals surface area (Å²) in [6, 6.07) is 10.9. The standard InChI is InChI=1S/C28H33N3O5/c1-28(2,3)36-27(33)31-14-8-11-24(31)20-15-19(17-29-18-20)23-16-22(12-13-25(23)34-4)35-26(32)30-21-9-6-5-7-10-21/h8,11-18,21H,5-7,9-10H2,1-4H3,(H,30,32). The summed E-state index contributed by atoms with van der Waals surface area (Å²) in [5.74, 6) is 1.01. The number of nitrogens with zero attached hydrogens (tertiary/aromatic N) is 2. The fraction of sp³-hybridized carbons (Fsp3) is 0.393. The molecule has 1 aliphatic rings. The lowest BCUT2D eigenvalue weighted by molar-refractivity contribution is 0.0540. The molecule has 0 radical (unpaired) electrons. The number of benzene rings is 1. The van der Waals surface area contributed by atoms with Gasteiger partial charge in [-0.3, -0.25) is 9.55 Å². The third kappa shape index (κ3) is 6.24. The smallest absolute Gasteiger partial charge is 0.418 e. The van der Waals surface area contributed by atoms with Gasteiger partial charge in [0.05, 0.1) is 12.8 Å². The summed E-state index contributed by atoms with van der Waals surface area (Å²) < 4.78 is 18.1. The molecule has 1 N–H and O–H groups in total. The number of carbonyl (C=O) groups is 2. The van der Waals surface area contributed by atoms with E-state index in [2.05, 4.69) is 10.3 Å². The molecule has 4 rings (SSSR count). The highest BCUT2D eigenvalue weighted by Gasteiger charge is 2.21. The maximum Gasteiger partial charge on any atom is 0.418 e. The third-order valence-corrected chi connectivity index (χ3v) is 5.99. The first-order chi connectivity index (χ1) is 17.2. The van der Waals surface area contributed by atoms with Crippen LogP contribution in [-0.2, 0) is 4.74 Å². The molecule has 8 nitrogen and oxygen atoms in total. The molecule has 0 unspecified atom stereocenters. The molecule has 1 saturated carbocycles. The predicted octanol–water partition coefficient (Wildman–Crippen LogP) is 6.43. The number of nitrogens with one attached hydrogen (secondary N) is 1. The summed E-state index contributed by atoms with van der Waals surface area (Å²) in [7, 11) is 1.58. The number of ether oxygens (including phenoxy) is 3. The molecule has 0 atom stereocenters. The Morgan fingerprint density at radius 2 is 1.78 bits per heavy atom. The van der Waals surface area contributed by atoms with E-state index in [1.165, 1.54) is 11.0 Å². The number of amides is 1. The van der Waals surface area contributed by atoms with Gasteiger partial charge in [0.25, 0.3) is 0 Å². The van der Waals surface area contributed by atoms with Crippen molar-refractivity contribution in [1.82, 2.24) is 14.9 Å². The van der Waals surface area contributed by atoms with Gasteiger partial charge in [-0.25, -0.2) is 9.59 Å². The Morgan fingerprint density at radius 1 is 1.03 bits per heavy atom. The lowest BCUT2D eigenvalue weighted by Gasteiger charge is -2.22. The summed E-state index contributed by atoms with van der Waals surface area (Å²) in [6.07, 6.45) is 9.54. The number of hydrogen-bond donors (Lipinski definition) is 1. The van der Waals surface area contributed by atoms with Gasteiger partial charge in [-0.05, 0) is 70.0 Å². The number of hydrogen-bond acceptors (Lipinski definition) is 6. The summed E-state index contributed by atoms with van der Waals surface area (Å²) in [4.78, 5) is 29.6. The van der Waals surface area contributed by atoms with Gasteiger partial charge in [0.2, 0.25) is 0 Å². The highest BCUT2D eigenvalue weighted by atomic mass is 16.6. The molecule has 36 heavy (non-hydrogen) atoms. The molecule has 0 bridgehead atoms. The minimum atomic E-state index is -0.615. The lowest BCUT2D eigenvalue weighted by atomic mass is 9.96. The first-order valence-electron chi connectivity index (χ1n) is 12.3. The van der Waals surface area contributed by atoms with Crippen LogP contribution >= 0.6 is 0 Å². The van der Waals surface area contributed by atoms with Crippen LogP contribution in [0.5, 0.6) is 11.5 Å². The van der Waals surface area contributed by atoms with E-state index in [9.17, 15) is 9.59 Å². The number of pyridine rings is 1. The Balaban J connectivity index is 1.59. The monoisotopic (exact) mass is 491 g/mol. The number of rotatable bonds is 5. The van der Waals surface area contributed by atoms with E-state index in [0.29, 0.717) is 22.8 Å². The highest BCUT2D eigenvalue weighted by Crippen LogP contribution is 2.35. The van der Waals surface area contributed by atoms with Crippen LogP contribution in [0.4, 0.5) is 9.59 Å². The normalized spacial score (nSPS) is 14.2. The average molecular weight is 492 g/mol. The SMILES string of the molecule is COc1ccc(OC(=O)NC2CCCCC2)cc1-c1cncc(-c2cccn2C(=O)OC(C)(C)C)c1. The lowest BCUT2D eigenvalue weighted by Crippen LogP contribution is -2.37. The van der Waals surface area contributed by atoms with E-state index in [4.69, 9.17) is 14.2 Å². The van der Waals surface area contributed by atoms with Crippen molar-refractivity contribution >= 4 is 12.2 Å². The Kier molecular flexibility index (Phi) is 7.62. The number of methoxy groups -OCH3 is 1. The van der Waals surface area contributed by atoms with Crippen molar-refractivity contribution in [3.63, 3.8) is 0 Å². The van der Waals surface area contributed by atoms with Crippen LogP contribution in [0.3, 0.4) is 0 Å². The van der Waals surface area contributed by atoms with Crippen LogP contribution in [0.1, 0.15) is 52.9 Å². The van der Waals surface area contributed by atoms with E-state index < -0.39 is 17.8 Å². The zero-order valence-electron chi connectivity index (χ0n) is 21.2. The molecule has 1 aromatic carbocycles. The highest BCUT2D eigenvalue weighted by molar-refractivity contribution is 5.81. The maximum atomic E-state index is 12.7. The summed E-state index contributed by atoms with van der Waals surface area (Å²) in [5.41, 5.74) is 2.23. The van der Waals surface area contributed by atoms with E-state index in [1.807, 2.05) is 32.9 Å². The van der Waals surface area contributed by atoms with Crippen molar-refractivity contribution in [3.05, 3.63) is 55.0 Å². The van der Waals surface area contributed by atoms with Crippen molar-refractivity contribution < 1.29 is 23.8 Å². The topological polar surface area (TPSA) is 91.7 Å². The number of aromatic nitrogens is 2. The molecular weight excluding hydrogens is 458 g/mol. The minimum Gasteiger partial charge on any atom is -0.496 e. The van der Waals surface area contributed by atoms with Crippen molar-refractivity contribution in [1.29, 1.82) is 0 Å². The first kappa shape index (κ1) is 25.3. The molecular formula is C28H33N3O5. The largest absolute Gasteiger partial charge is 0.496 e. The molecule has 0 spiro atoms. The van der Waals surface area contributed by atoms with E-state index in [1.54, 1.807) is 50.0 Å². The molecule has 2 aromatic heterocycles. The Labute approximate surface area is 211 Å². The second-order valence-electron chi connectivity index (χ2n) is 9.94. The molecule has 3 aromatic rings. The van der Waals surface area contributed by atoms with Crippen molar-refractivity contribution in [2.24, 2.45) is 0 Å². The fourth-order valence-corrected chi connectivity index (χ4v) is 4.34. The van der Waals surface area contributed by atoms with Crippen molar-refractivity contribution in [2.45, 2.75) is 64.5 Å². The zero-order valence-corrected chi connectivity index (χ0v) is 21.2. The Bertz CT molecular complexity index is 1220. The van der Waals surface area contributed by atoms with Gasteiger partial charge in [0.15, 0.2) is 0 Å². The second-order valence-corrected chi connectivity index (χ2v) is 9.94. The summed E-state index contributed by atoms with van der Waals surface area (Å²) >= 11 is 0. The molecule has 1 aliphatic carbocycles. The van der Waals surface area contributed by atoms with E-state index >= 15 is 0 Å². The van der Waals surface area contributed by atoms with Gasteiger partial charge in [-0.1, -0.05) is 19.3 Å². The molecule has 0 aliphatic heterocycles. The predicted molar refractivity (Wildman–Crippen MR) is 137 cm³/mol. The Hall–Kier alpha value is -3.81.